The van der Waals surface area contributed by atoms with Gasteiger partial charge in [-0.1, -0.05) is 60.7 Å². The van der Waals surface area contributed by atoms with Crippen LogP contribution in [0.4, 0.5) is 0 Å². The Morgan fingerprint density at radius 3 is 2.15 bits per heavy atom. The first-order chi connectivity index (χ1) is 19.2. The Balaban J connectivity index is 1.56. The SMILES string of the molecule is COc1cccc(OC)c1-c1ccc(C[C@H](NC(=O)C2(S(=O)(=O)Cc3ccccc3)CCCNC2)C(=O)O)cc1. The maximum Gasteiger partial charge on any atom is 0.326 e. The number of carbonyl (C=O) groups excluding carboxylic acids is 1. The second-order valence-corrected chi connectivity index (χ2v) is 12.1. The third kappa shape index (κ3) is 6.13. The molecule has 3 aromatic carbocycles. The van der Waals surface area contributed by atoms with Crippen molar-refractivity contribution in [1.29, 1.82) is 0 Å². The smallest absolute Gasteiger partial charge is 0.326 e. The Bertz CT molecular complexity index is 1410. The number of carboxylic acid groups (broad SMARTS) is 1. The largest absolute Gasteiger partial charge is 0.496 e. The lowest BCUT2D eigenvalue weighted by atomic mass is 9.96. The highest BCUT2D eigenvalue weighted by atomic mass is 32.2. The van der Waals surface area contributed by atoms with Crippen LogP contribution in [0.3, 0.4) is 0 Å². The summed E-state index contributed by atoms with van der Waals surface area (Å²) in [4.78, 5) is 25.8. The van der Waals surface area contributed by atoms with Gasteiger partial charge in [-0.25, -0.2) is 13.2 Å². The normalized spacial score (nSPS) is 17.9. The summed E-state index contributed by atoms with van der Waals surface area (Å²) >= 11 is 0. The summed E-state index contributed by atoms with van der Waals surface area (Å²) in [6.45, 7) is 0.511. The van der Waals surface area contributed by atoms with Crippen molar-refractivity contribution in [3.63, 3.8) is 0 Å². The summed E-state index contributed by atoms with van der Waals surface area (Å²) in [5.41, 5.74) is 2.81. The molecule has 10 heteroatoms. The van der Waals surface area contributed by atoms with Gasteiger partial charge in [0.05, 0.1) is 25.5 Å². The van der Waals surface area contributed by atoms with Gasteiger partial charge in [0, 0.05) is 13.0 Å². The number of carbonyl (C=O) groups is 2. The van der Waals surface area contributed by atoms with Crippen LogP contribution in [0.1, 0.15) is 24.0 Å². The topological polar surface area (TPSA) is 131 Å². The van der Waals surface area contributed by atoms with Crippen LogP contribution >= 0.6 is 0 Å². The van der Waals surface area contributed by atoms with Crippen LogP contribution in [0.2, 0.25) is 0 Å². The minimum atomic E-state index is -3.98. The zero-order chi connectivity index (χ0) is 28.8. The maximum absolute atomic E-state index is 13.6. The van der Waals surface area contributed by atoms with E-state index in [-0.39, 0.29) is 25.1 Å². The minimum absolute atomic E-state index is 0.0212. The Kier molecular flexibility index (Phi) is 9.11. The summed E-state index contributed by atoms with van der Waals surface area (Å²) < 4.78 is 36.5. The lowest BCUT2D eigenvalue weighted by Crippen LogP contribution is -2.63. The van der Waals surface area contributed by atoms with Crippen molar-refractivity contribution in [2.24, 2.45) is 0 Å². The predicted molar refractivity (Wildman–Crippen MR) is 152 cm³/mol. The van der Waals surface area contributed by atoms with Gasteiger partial charge in [0.1, 0.15) is 17.5 Å². The summed E-state index contributed by atoms with van der Waals surface area (Å²) in [7, 11) is -0.840. The molecular formula is C30H34N2O7S. The van der Waals surface area contributed by atoms with E-state index in [0.717, 1.165) is 11.1 Å². The third-order valence-corrected chi connectivity index (χ3v) is 9.70. The first-order valence-corrected chi connectivity index (χ1v) is 14.7. The van der Waals surface area contributed by atoms with E-state index in [9.17, 15) is 23.1 Å². The second-order valence-electron chi connectivity index (χ2n) is 9.82. The van der Waals surface area contributed by atoms with Crippen molar-refractivity contribution in [1.82, 2.24) is 10.6 Å². The number of ether oxygens (including phenoxy) is 2. The molecule has 3 N–H and O–H groups in total. The minimum Gasteiger partial charge on any atom is -0.496 e. The van der Waals surface area contributed by atoms with Crippen LogP contribution in [-0.4, -0.2) is 63.5 Å². The molecule has 212 valence electrons. The van der Waals surface area contributed by atoms with Crippen molar-refractivity contribution >= 4 is 21.7 Å². The number of amides is 1. The van der Waals surface area contributed by atoms with Gasteiger partial charge in [-0.2, -0.15) is 0 Å². The number of hydrogen-bond donors (Lipinski definition) is 3. The average Bonchev–Trinajstić information content (AvgIpc) is 2.97. The fourth-order valence-electron chi connectivity index (χ4n) is 5.08. The van der Waals surface area contributed by atoms with Gasteiger partial charge in [-0.3, -0.25) is 4.79 Å². The van der Waals surface area contributed by atoms with Crippen LogP contribution in [0, 0.1) is 0 Å². The van der Waals surface area contributed by atoms with E-state index < -0.39 is 32.5 Å². The van der Waals surface area contributed by atoms with Gasteiger partial charge in [0.2, 0.25) is 5.91 Å². The van der Waals surface area contributed by atoms with E-state index in [0.29, 0.717) is 35.6 Å². The highest BCUT2D eigenvalue weighted by molar-refractivity contribution is 7.92. The Labute approximate surface area is 234 Å². The summed E-state index contributed by atoms with van der Waals surface area (Å²) in [5, 5.41) is 15.5. The molecule has 1 amide bonds. The predicted octanol–water partition coefficient (Wildman–Crippen LogP) is 3.22. The number of rotatable bonds is 11. The van der Waals surface area contributed by atoms with Crippen molar-refractivity contribution in [2.75, 3.05) is 27.3 Å². The van der Waals surface area contributed by atoms with Gasteiger partial charge in [0.25, 0.3) is 0 Å². The van der Waals surface area contributed by atoms with Crippen molar-refractivity contribution in [3.05, 3.63) is 83.9 Å². The van der Waals surface area contributed by atoms with Crippen molar-refractivity contribution < 1.29 is 32.6 Å². The molecule has 0 radical (unpaired) electrons. The van der Waals surface area contributed by atoms with Crippen LogP contribution in [0.15, 0.2) is 72.8 Å². The first-order valence-electron chi connectivity index (χ1n) is 13.0. The zero-order valence-electron chi connectivity index (χ0n) is 22.6. The molecule has 0 aromatic heterocycles. The molecule has 0 saturated carbocycles. The standard InChI is InChI=1S/C30H34N2O7S/c1-38-25-10-6-11-26(39-2)27(25)23-14-12-21(13-15-23)18-24(28(33)34)32-29(35)30(16-7-17-31-20-30)40(36,37)19-22-8-4-3-5-9-22/h3-6,8-15,24,31H,7,16-20H2,1-2H3,(H,32,35)(H,33,34)/t24-,30?/m0/s1. The lowest BCUT2D eigenvalue weighted by molar-refractivity contribution is -0.142. The van der Waals surface area contributed by atoms with Gasteiger partial charge in [0.15, 0.2) is 14.6 Å². The number of sulfone groups is 1. The number of hydrogen-bond acceptors (Lipinski definition) is 7. The van der Waals surface area contributed by atoms with Gasteiger partial charge in [-0.05, 0) is 48.2 Å². The van der Waals surface area contributed by atoms with E-state index in [1.54, 1.807) is 56.7 Å². The fourth-order valence-corrected chi connectivity index (χ4v) is 7.10. The monoisotopic (exact) mass is 566 g/mol. The van der Waals surface area contributed by atoms with Crippen LogP contribution in [0.25, 0.3) is 11.1 Å². The molecule has 3 aromatic rings. The molecule has 9 nitrogen and oxygen atoms in total. The molecule has 1 heterocycles. The average molecular weight is 567 g/mol. The Hall–Kier alpha value is -3.89. The maximum atomic E-state index is 13.6. The zero-order valence-corrected chi connectivity index (χ0v) is 23.4. The molecule has 0 aliphatic carbocycles. The van der Waals surface area contributed by atoms with E-state index in [2.05, 4.69) is 10.6 Å². The number of benzene rings is 3. The second kappa shape index (κ2) is 12.5. The van der Waals surface area contributed by atoms with Gasteiger partial charge < -0.3 is 25.2 Å². The number of nitrogens with one attached hydrogen (secondary N) is 2. The van der Waals surface area contributed by atoms with Crippen LogP contribution < -0.4 is 20.1 Å². The third-order valence-electron chi connectivity index (χ3n) is 7.27. The number of piperidine rings is 1. The fraction of sp³-hybridized carbons (Fsp3) is 0.333. The van der Waals surface area contributed by atoms with E-state index in [1.165, 1.54) is 0 Å². The first kappa shape index (κ1) is 29.1. The molecule has 0 spiro atoms. The van der Waals surface area contributed by atoms with Crippen molar-refractivity contribution in [2.45, 2.75) is 35.8 Å². The molecule has 2 atom stereocenters. The number of carboxylic acids is 1. The highest BCUT2D eigenvalue weighted by Crippen LogP contribution is 2.38. The van der Waals surface area contributed by atoms with Gasteiger partial charge >= 0.3 is 5.97 Å². The molecular weight excluding hydrogens is 532 g/mol. The quantitative estimate of drug-likeness (QED) is 0.323. The molecule has 4 rings (SSSR count). The molecule has 1 aliphatic heterocycles. The number of methoxy groups -OCH3 is 2. The molecule has 1 fully saturated rings. The van der Waals surface area contributed by atoms with E-state index in [4.69, 9.17) is 9.47 Å². The Morgan fingerprint density at radius 1 is 0.950 bits per heavy atom. The molecule has 40 heavy (non-hydrogen) atoms. The van der Waals surface area contributed by atoms with Crippen LogP contribution in [0.5, 0.6) is 11.5 Å². The van der Waals surface area contributed by atoms with Gasteiger partial charge in [-0.15, -0.1) is 0 Å². The summed E-state index contributed by atoms with van der Waals surface area (Å²) in [6.07, 6.45) is 0.572. The molecule has 1 unspecified atom stereocenters. The summed E-state index contributed by atoms with van der Waals surface area (Å²) in [5.74, 6) is -1.09. The van der Waals surface area contributed by atoms with E-state index in [1.807, 2.05) is 30.3 Å². The van der Waals surface area contributed by atoms with Crippen molar-refractivity contribution in [3.8, 4) is 22.6 Å². The number of aliphatic carboxylic acids is 1. The molecule has 1 aliphatic rings. The van der Waals surface area contributed by atoms with E-state index >= 15 is 0 Å². The van der Waals surface area contributed by atoms with Crippen LogP contribution in [-0.2, 0) is 31.6 Å². The molecule has 1 saturated heterocycles. The lowest BCUT2D eigenvalue weighted by Gasteiger charge is -2.36. The Morgan fingerprint density at radius 2 is 1.60 bits per heavy atom. The highest BCUT2D eigenvalue weighted by Gasteiger charge is 2.51. The molecule has 0 bridgehead atoms. The summed E-state index contributed by atoms with van der Waals surface area (Å²) in [6, 6.07) is 20.0.